The van der Waals surface area contributed by atoms with Crippen LogP contribution in [0.3, 0.4) is 0 Å². The summed E-state index contributed by atoms with van der Waals surface area (Å²) in [6.45, 7) is 4.37. The van der Waals surface area contributed by atoms with Gasteiger partial charge in [0, 0.05) is 6.54 Å². The maximum Gasteiger partial charge on any atom is 0.264 e. The summed E-state index contributed by atoms with van der Waals surface area (Å²) in [6.07, 6.45) is 2.69. The number of hydrogen-bond acceptors (Lipinski definition) is 3. The van der Waals surface area contributed by atoms with E-state index in [2.05, 4.69) is 5.32 Å². The Morgan fingerprint density at radius 3 is 2.23 bits per heavy atom. The van der Waals surface area contributed by atoms with Crippen molar-refractivity contribution < 1.29 is 13.2 Å². The lowest BCUT2D eigenvalue weighted by Crippen LogP contribution is -2.41. The number of nitrogens with zero attached hydrogens (tertiary/aromatic N) is 1. The quantitative estimate of drug-likeness (QED) is 0.685. The van der Waals surface area contributed by atoms with Gasteiger partial charge in [0.1, 0.15) is 6.54 Å². The van der Waals surface area contributed by atoms with Crippen molar-refractivity contribution in [3.63, 3.8) is 0 Å². The summed E-state index contributed by atoms with van der Waals surface area (Å²) in [6, 6.07) is 15.5. The molecule has 0 unspecified atom stereocenters. The number of carbonyl (C=O) groups is 1. The number of hydrogen-bond donors (Lipinski definition) is 1. The molecule has 2 rings (SSSR count). The highest BCUT2D eigenvalue weighted by atomic mass is 32.2. The molecule has 0 spiro atoms. The Labute approximate surface area is 156 Å². The lowest BCUT2D eigenvalue weighted by atomic mass is 10.1. The van der Waals surface area contributed by atoms with E-state index in [0.717, 1.165) is 24.8 Å². The second-order valence-electron chi connectivity index (χ2n) is 6.05. The Morgan fingerprint density at radius 2 is 1.65 bits per heavy atom. The zero-order valence-electron chi connectivity index (χ0n) is 15.3. The van der Waals surface area contributed by atoms with Crippen LogP contribution in [0.4, 0.5) is 5.69 Å². The first-order chi connectivity index (χ1) is 12.5. The van der Waals surface area contributed by atoms with Gasteiger partial charge in [-0.25, -0.2) is 8.42 Å². The number of amides is 1. The summed E-state index contributed by atoms with van der Waals surface area (Å²) >= 11 is 0. The highest BCUT2D eigenvalue weighted by molar-refractivity contribution is 7.92. The molecule has 0 heterocycles. The molecule has 2 aromatic rings. The van der Waals surface area contributed by atoms with Crippen LogP contribution in [-0.4, -0.2) is 27.4 Å². The molecule has 0 aliphatic carbocycles. The summed E-state index contributed by atoms with van der Waals surface area (Å²) < 4.78 is 27.4. The number of benzene rings is 2. The molecular formula is C20H26N2O3S. The van der Waals surface area contributed by atoms with Crippen molar-refractivity contribution in [3.8, 4) is 0 Å². The van der Waals surface area contributed by atoms with Gasteiger partial charge in [0.2, 0.25) is 5.91 Å². The molecule has 0 bridgehead atoms. The molecule has 0 radical (unpaired) electrons. The fraction of sp³-hybridized carbons (Fsp3) is 0.350. The highest BCUT2D eigenvalue weighted by Crippen LogP contribution is 2.24. The summed E-state index contributed by atoms with van der Waals surface area (Å²) in [5, 5.41) is 2.78. The number of rotatable bonds is 9. The molecule has 0 aliphatic heterocycles. The molecular weight excluding hydrogens is 348 g/mol. The van der Waals surface area contributed by atoms with Gasteiger partial charge < -0.3 is 5.32 Å². The minimum Gasteiger partial charge on any atom is -0.355 e. The Bertz CT molecular complexity index is 803. The van der Waals surface area contributed by atoms with Crippen molar-refractivity contribution in [2.75, 3.05) is 17.4 Å². The maximum atomic E-state index is 13.1. The number of anilines is 1. The second kappa shape index (κ2) is 9.38. The van der Waals surface area contributed by atoms with Crippen molar-refractivity contribution >= 4 is 21.6 Å². The van der Waals surface area contributed by atoms with Crippen LogP contribution in [0, 0.1) is 0 Å². The maximum absolute atomic E-state index is 13.1. The third-order valence-corrected chi connectivity index (χ3v) is 5.89. The predicted octanol–water partition coefficient (Wildman–Crippen LogP) is 3.36. The first kappa shape index (κ1) is 20.0. The smallest absolute Gasteiger partial charge is 0.264 e. The van der Waals surface area contributed by atoms with Gasteiger partial charge in [0.05, 0.1) is 10.6 Å². The summed E-state index contributed by atoms with van der Waals surface area (Å²) in [5.41, 5.74) is 1.59. The number of sulfonamides is 1. The van der Waals surface area contributed by atoms with Gasteiger partial charge in [0.15, 0.2) is 0 Å². The third-order valence-electron chi connectivity index (χ3n) is 4.10. The molecule has 0 saturated carbocycles. The van der Waals surface area contributed by atoms with Crippen LogP contribution in [0.2, 0.25) is 0 Å². The average molecular weight is 375 g/mol. The lowest BCUT2D eigenvalue weighted by Gasteiger charge is -2.24. The number of unbranched alkanes of at least 4 members (excludes halogenated alkanes) is 1. The molecule has 5 nitrogen and oxygen atoms in total. The lowest BCUT2D eigenvalue weighted by molar-refractivity contribution is -0.119. The minimum absolute atomic E-state index is 0.168. The van der Waals surface area contributed by atoms with Gasteiger partial charge in [-0.1, -0.05) is 50.6 Å². The van der Waals surface area contributed by atoms with Gasteiger partial charge in [-0.2, -0.15) is 0 Å². The number of nitrogens with one attached hydrogen (secondary N) is 1. The molecule has 2 aromatic carbocycles. The molecule has 6 heteroatoms. The predicted molar refractivity (Wildman–Crippen MR) is 105 cm³/mol. The first-order valence-corrected chi connectivity index (χ1v) is 10.4. The molecule has 1 amide bonds. The van der Waals surface area contributed by atoms with E-state index in [0.29, 0.717) is 12.2 Å². The standard InChI is InChI=1S/C20H26N2O3S/c1-3-5-15-21-20(23)16-22(18-13-11-17(4-2)12-14-18)26(24,25)19-9-7-6-8-10-19/h6-14H,3-5,15-16H2,1-2H3,(H,21,23). The topological polar surface area (TPSA) is 66.5 Å². The van der Waals surface area contributed by atoms with E-state index in [4.69, 9.17) is 0 Å². The van der Waals surface area contributed by atoms with Crippen LogP contribution in [0.1, 0.15) is 32.3 Å². The van der Waals surface area contributed by atoms with E-state index in [1.165, 1.54) is 16.4 Å². The molecule has 0 aliphatic rings. The van der Waals surface area contributed by atoms with E-state index in [9.17, 15) is 13.2 Å². The van der Waals surface area contributed by atoms with Crippen molar-refractivity contribution in [1.29, 1.82) is 0 Å². The average Bonchev–Trinajstić information content (AvgIpc) is 2.67. The van der Waals surface area contributed by atoms with E-state index in [1.54, 1.807) is 30.3 Å². The van der Waals surface area contributed by atoms with Crippen LogP contribution in [0.15, 0.2) is 59.5 Å². The van der Waals surface area contributed by atoms with Gasteiger partial charge in [-0.05, 0) is 42.7 Å². The second-order valence-corrected chi connectivity index (χ2v) is 7.91. The largest absolute Gasteiger partial charge is 0.355 e. The monoisotopic (exact) mass is 374 g/mol. The van der Waals surface area contributed by atoms with Crippen LogP contribution < -0.4 is 9.62 Å². The highest BCUT2D eigenvalue weighted by Gasteiger charge is 2.26. The third kappa shape index (κ3) is 5.08. The zero-order valence-corrected chi connectivity index (χ0v) is 16.1. The van der Waals surface area contributed by atoms with Crippen LogP contribution in [0.25, 0.3) is 0 Å². The van der Waals surface area contributed by atoms with Gasteiger partial charge in [0.25, 0.3) is 10.0 Å². The molecule has 0 saturated heterocycles. The molecule has 0 atom stereocenters. The van der Waals surface area contributed by atoms with E-state index in [1.807, 2.05) is 26.0 Å². The number of carbonyl (C=O) groups excluding carboxylic acids is 1. The van der Waals surface area contributed by atoms with Gasteiger partial charge >= 0.3 is 0 Å². The van der Waals surface area contributed by atoms with Crippen LogP contribution >= 0.6 is 0 Å². The molecule has 140 valence electrons. The fourth-order valence-electron chi connectivity index (χ4n) is 2.52. The van der Waals surface area contributed by atoms with E-state index < -0.39 is 10.0 Å². The summed E-state index contributed by atoms with van der Waals surface area (Å²) in [5.74, 6) is -0.308. The van der Waals surface area contributed by atoms with Crippen molar-refractivity contribution in [3.05, 3.63) is 60.2 Å². The SMILES string of the molecule is CCCCNC(=O)CN(c1ccc(CC)cc1)S(=O)(=O)c1ccccc1. The zero-order chi connectivity index (χ0) is 19.0. The van der Waals surface area contributed by atoms with Crippen molar-refractivity contribution in [2.45, 2.75) is 38.0 Å². The molecule has 1 N–H and O–H groups in total. The molecule has 0 fully saturated rings. The van der Waals surface area contributed by atoms with Gasteiger partial charge in [-0.15, -0.1) is 0 Å². The van der Waals surface area contributed by atoms with Crippen LogP contribution in [-0.2, 0) is 21.2 Å². The Balaban J connectivity index is 2.33. The summed E-state index contributed by atoms with van der Waals surface area (Å²) in [7, 11) is -3.83. The molecule has 0 aromatic heterocycles. The van der Waals surface area contributed by atoms with Crippen molar-refractivity contribution in [2.24, 2.45) is 0 Å². The normalized spacial score (nSPS) is 11.2. The van der Waals surface area contributed by atoms with E-state index >= 15 is 0 Å². The number of aryl methyl sites for hydroxylation is 1. The Kier molecular flexibility index (Phi) is 7.21. The van der Waals surface area contributed by atoms with Crippen LogP contribution in [0.5, 0.6) is 0 Å². The van der Waals surface area contributed by atoms with Crippen molar-refractivity contribution in [1.82, 2.24) is 5.32 Å². The van der Waals surface area contributed by atoms with Gasteiger partial charge in [-0.3, -0.25) is 9.10 Å². The Morgan fingerprint density at radius 1 is 1.00 bits per heavy atom. The van der Waals surface area contributed by atoms with E-state index in [-0.39, 0.29) is 17.3 Å². The Hall–Kier alpha value is -2.34. The summed E-state index contributed by atoms with van der Waals surface area (Å²) in [4.78, 5) is 12.5. The molecule has 26 heavy (non-hydrogen) atoms. The minimum atomic E-state index is -3.83. The first-order valence-electron chi connectivity index (χ1n) is 8.92. The fourth-order valence-corrected chi connectivity index (χ4v) is 3.97.